The van der Waals surface area contributed by atoms with Crippen molar-refractivity contribution in [2.75, 3.05) is 0 Å². The Bertz CT molecular complexity index is 2010. The maximum Gasteiger partial charge on any atom is 0.251 e. The summed E-state index contributed by atoms with van der Waals surface area (Å²) in [5, 5.41) is 7.12. The second kappa shape index (κ2) is 17.7. The van der Waals surface area contributed by atoms with Gasteiger partial charge in [-0.1, -0.05) is 94.4 Å². The molecular formula is C46H58N2O9S. The van der Waals surface area contributed by atoms with Gasteiger partial charge in [-0.15, -0.1) is 0 Å². The summed E-state index contributed by atoms with van der Waals surface area (Å²) in [6, 6.07) is 23.7. The van der Waals surface area contributed by atoms with E-state index in [0.29, 0.717) is 30.7 Å². The SMILES string of the molecule is CC(C)C[C@H](NC(=O)c1ccc(CO[C@H]2O[C@@H]3O[C@]4(C)CC[C@H]5[C@H](C)CCC([C@H]2C)[C@@]35OO4)cc1)C(=O)N[C@H](/C=C/S(=O)(=O)c1ccccc1)CCc1ccccc1. The first-order valence-corrected chi connectivity index (χ1v) is 22.3. The Morgan fingerprint density at radius 2 is 1.59 bits per heavy atom. The van der Waals surface area contributed by atoms with Crippen molar-refractivity contribution in [2.24, 2.45) is 29.6 Å². The molecule has 58 heavy (non-hydrogen) atoms. The molecule has 4 saturated heterocycles. The molecule has 1 saturated carbocycles. The van der Waals surface area contributed by atoms with Crippen molar-refractivity contribution in [3.05, 3.63) is 113 Å². The van der Waals surface area contributed by atoms with Gasteiger partial charge in [0.2, 0.25) is 11.7 Å². The first-order chi connectivity index (χ1) is 27.8. The van der Waals surface area contributed by atoms with Gasteiger partial charge in [0.25, 0.3) is 5.91 Å². The van der Waals surface area contributed by atoms with E-state index >= 15 is 0 Å². The van der Waals surface area contributed by atoms with E-state index in [1.54, 1.807) is 30.3 Å². The summed E-state index contributed by atoms with van der Waals surface area (Å²) in [6.07, 6.45) is 5.68. The lowest BCUT2D eigenvalue weighted by Gasteiger charge is -2.60. The van der Waals surface area contributed by atoms with Gasteiger partial charge in [0.05, 0.1) is 11.5 Å². The minimum Gasteiger partial charge on any atom is -0.348 e. The molecule has 2 amide bonds. The van der Waals surface area contributed by atoms with Crippen LogP contribution in [0.25, 0.3) is 0 Å². The van der Waals surface area contributed by atoms with Crippen LogP contribution in [-0.2, 0) is 51.6 Å². The topological polar surface area (TPSA) is 138 Å². The predicted molar refractivity (Wildman–Crippen MR) is 218 cm³/mol. The zero-order valence-corrected chi connectivity index (χ0v) is 35.0. The molecule has 5 aliphatic rings. The third-order valence-electron chi connectivity index (χ3n) is 12.5. The molecule has 8 rings (SSSR count). The number of aryl methyl sites for hydroxylation is 1. The number of carbonyl (C=O) groups is 2. The van der Waals surface area contributed by atoms with E-state index in [4.69, 9.17) is 24.0 Å². The lowest BCUT2D eigenvalue weighted by atomic mass is 9.58. The molecule has 312 valence electrons. The Morgan fingerprint density at radius 1 is 0.879 bits per heavy atom. The standard InChI is InChI=1S/C46H58N2O9S/c1-30(2)28-40(42(50)47-36(22-19-33-12-8-6-9-13-33)25-27-58(51,52)37-14-10-7-11-15-37)48-41(49)35-20-17-34(18-21-35)29-53-43-32(4)39-23-16-31(3)38-24-26-45(5)55-44(54-43)46(38,39)57-56-45/h6-15,17-18,20-21,25,27,30-32,36,38-40,43-44H,16,19,22-24,26,28-29H2,1-5H3,(H,47,50)(H,48,49)/b27-25+/t31-,32-,36+,38+,39?,40+,43+,44-,45+,46-/m1/s1. The fourth-order valence-corrected chi connectivity index (χ4v) is 10.4. The Balaban J connectivity index is 0.988. The van der Waals surface area contributed by atoms with Crippen LogP contribution < -0.4 is 10.6 Å². The molecule has 1 spiro atoms. The highest BCUT2D eigenvalue weighted by atomic mass is 32.2. The van der Waals surface area contributed by atoms with Crippen LogP contribution in [0, 0.1) is 29.6 Å². The largest absolute Gasteiger partial charge is 0.348 e. The summed E-state index contributed by atoms with van der Waals surface area (Å²) in [5.41, 5.74) is 1.68. The lowest BCUT2D eigenvalue weighted by Crippen LogP contribution is -2.70. The van der Waals surface area contributed by atoms with Crippen LogP contribution in [0.5, 0.6) is 0 Å². The van der Waals surface area contributed by atoms with Crippen molar-refractivity contribution in [1.29, 1.82) is 0 Å². The summed E-state index contributed by atoms with van der Waals surface area (Å²) in [4.78, 5) is 39.8. The van der Waals surface area contributed by atoms with Gasteiger partial charge in [-0.05, 0) is 98.6 Å². The van der Waals surface area contributed by atoms with Crippen LogP contribution in [0.2, 0.25) is 0 Å². The number of hydrogen-bond donors (Lipinski definition) is 2. The zero-order chi connectivity index (χ0) is 41.1. The molecule has 3 aromatic rings. The summed E-state index contributed by atoms with van der Waals surface area (Å²) in [7, 11) is -3.73. The minimum atomic E-state index is -3.73. The Kier molecular flexibility index (Phi) is 12.9. The van der Waals surface area contributed by atoms with Crippen LogP contribution in [0.1, 0.15) is 94.6 Å². The average Bonchev–Trinajstić information content (AvgIpc) is 3.45. The Hall–Kier alpha value is -3.91. The van der Waals surface area contributed by atoms with Crippen molar-refractivity contribution in [3.8, 4) is 0 Å². The summed E-state index contributed by atoms with van der Waals surface area (Å²) in [5.74, 6) is -0.600. The summed E-state index contributed by atoms with van der Waals surface area (Å²) < 4.78 is 45.7. The van der Waals surface area contributed by atoms with Gasteiger partial charge in [-0.2, -0.15) is 0 Å². The normalized spacial score (nSPS) is 30.3. The fourth-order valence-electron chi connectivity index (χ4n) is 9.29. The first kappa shape index (κ1) is 42.2. The van der Waals surface area contributed by atoms with Crippen molar-refractivity contribution in [1.82, 2.24) is 10.6 Å². The number of amides is 2. The molecule has 2 N–H and O–H groups in total. The van der Waals surface area contributed by atoms with E-state index in [1.807, 2.05) is 63.2 Å². The van der Waals surface area contributed by atoms with E-state index in [9.17, 15) is 18.0 Å². The number of sulfone groups is 1. The van der Waals surface area contributed by atoms with Gasteiger partial charge in [-0.3, -0.25) is 9.59 Å². The number of nitrogens with one attached hydrogen (secondary N) is 2. The van der Waals surface area contributed by atoms with Gasteiger partial charge in [0, 0.05) is 35.3 Å². The molecule has 0 aromatic heterocycles. The smallest absolute Gasteiger partial charge is 0.251 e. The maximum atomic E-state index is 13.9. The van der Waals surface area contributed by atoms with Crippen molar-refractivity contribution >= 4 is 21.7 Å². The van der Waals surface area contributed by atoms with Gasteiger partial charge >= 0.3 is 0 Å². The number of ether oxygens (including phenoxy) is 3. The van der Waals surface area contributed by atoms with Crippen molar-refractivity contribution in [2.45, 2.75) is 127 Å². The monoisotopic (exact) mass is 814 g/mol. The van der Waals surface area contributed by atoms with E-state index in [1.165, 1.54) is 18.2 Å². The molecule has 4 heterocycles. The fraction of sp³-hybridized carbons (Fsp3) is 0.522. The van der Waals surface area contributed by atoms with Gasteiger partial charge in [-0.25, -0.2) is 18.2 Å². The highest BCUT2D eigenvalue weighted by molar-refractivity contribution is 7.94. The third kappa shape index (κ3) is 9.27. The zero-order valence-electron chi connectivity index (χ0n) is 34.2. The lowest BCUT2D eigenvalue weighted by molar-refractivity contribution is -0.577. The number of carbonyl (C=O) groups excluding carboxylic acids is 2. The highest BCUT2D eigenvalue weighted by Gasteiger charge is 2.69. The molecule has 11 nitrogen and oxygen atoms in total. The highest BCUT2D eigenvalue weighted by Crippen LogP contribution is 2.60. The Labute approximate surface area is 343 Å². The molecule has 0 radical (unpaired) electrons. The summed E-state index contributed by atoms with van der Waals surface area (Å²) in [6.45, 7) is 10.6. The van der Waals surface area contributed by atoms with E-state index < -0.39 is 45.9 Å². The average molecular weight is 815 g/mol. The van der Waals surface area contributed by atoms with Crippen LogP contribution in [0.15, 0.2) is 101 Å². The van der Waals surface area contributed by atoms with Crippen LogP contribution in [-0.4, -0.2) is 56.3 Å². The number of fused-ring (bicyclic) bond motifs is 2. The van der Waals surface area contributed by atoms with Gasteiger partial charge in [0.1, 0.15) is 6.04 Å². The Morgan fingerprint density at radius 3 is 2.29 bits per heavy atom. The van der Waals surface area contributed by atoms with E-state index in [-0.39, 0.29) is 47.0 Å². The molecule has 5 fully saturated rings. The first-order valence-electron chi connectivity index (χ1n) is 20.8. The molecule has 3 aromatic carbocycles. The molecule has 2 bridgehead atoms. The summed E-state index contributed by atoms with van der Waals surface area (Å²) >= 11 is 0. The van der Waals surface area contributed by atoms with Gasteiger partial charge < -0.3 is 24.8 Å². The predicted octanol–water partition coefficient (Wildman–Crippen LogP) is 7.66. The second-order valence-electron chi connectivity index (χ2n) is 17.3. The van der Waals surface area contributed by atoms with Crippen molar-refractivity contribution in [3.63, 3.8) is 0 Å². The van der Waals surface area contributed by atoms with Crippen LogP contribution in [0.4, 0.5) is 0 Å². The molecule has 4 aliphatic heterocycles. The molecule has 1 unspecified atom stereocenters. The molecular weight excluding hydrogens is 757 g/mol. The van der Waals surface area contributed by atoms with Crippen LogP contribution >= 0.6 is 0 Å². The number of benzene rings is 3. The second-order valence-corrected chi connectivity index (χ2v) is 19.1. The van der Waals surface area contributed by atoms with Crippen molar-refractivity contribution < 1.29 is 42.0 Å². The van der Waals surface area contributed by atoms with Gasteiger partial charge in [0.15, 0.2) is 28.0 Å². The molecule has 1 aliphatic carbocycles. The third-order valence-corrected chi connectivity index (χ3v) is 14.0. The van der Waals surface area contributed by atoms with E-state index in [0.717, 1.165) is 42.2 Å². The minimum absolute atomic E-state index is 0.0386. The number of hydrogen-bond acceptors (Lipinski definition) is 9. The molecule has 12 heteroatoms. The maximum absolute atomic E-state index is 13.9. The van der Waals surface area contributed by atoms with Crippen LogP contribution in [0.3, 0.4) is 0 Å². The number of rotatable bonds is 15. The van der Waals surface area contributed by atoms with E-state index in [2.05, 4.69) is 24.5 Å². The quantitative estimate of drug-likeness (QED) is 0.148. The molecule has 10 atom stereocenters.